The van der Waals surface area contributed by atoms with Gasteiger partial charge in [-0.25, -0.2) is 0 Å². The van der Waals surface area contributed by atoms with Crippen LogP contribution in [0.1, 0.15) is 2.74 Å². The maximum absolute atomic E-state index is 7.27. The Bertz CT molecular complexity index is 360. The summed E-state index contributed by atoms with van der Waals surface area (Å²) in [5.74, 6) is 0. The molecule has 0 aromatic carbocycles. The second-order valence-electron chi connectivity index (χ2n) is 1.73. The van der Waals surface area contributed by atoms with Crippen molar-refractivity contribution in [3.05, 3.63) is 30.9 Å². The minimum absolute atomic E-state index is 0.0121. The van der Waals surface area contributed by atoms with Crippen molar-refractivity contribution in [3.8, 4) is 0 Å². The molecule has 2 aromatic heterocycles. The molecule has 2 nitrogen and oxygen atoms in total. The first-order chi connectivity index (χ1) is 5.29. The van der Waals surface area contributed by atoms with Gasteiger partial charge in [0.15, 0.2) is 0 Å². The van der Waals surface area contributed by atoms with Crippen LogP contribution in [0.3, 0.4) is 0 Å². The Morgan fingerprint density at radius 3 is 3.22 bits per heavy atom. The minimum atomic E-state index is 0.0121. The summed E-state index contributed by atoms with van der Waals surface area (Å²) < 4.78 is 19.3. The molecular weight excluding hydrogens is 114 g/mol. The smallest absolute Gasteiger partial charge is 0.105 e. The van der Waals surface area contributed by atoms with Gasteiger partial charge in [-0.3, -0.25) is 4.98 Å². The average Bonchev–Trinajstić information content (AvgIpc) is 2.30. The summed E-state index contributed by atoms with van der Waals surface area (Å²) in [5, 5.41) is 1.24. The third-order valence-electron chi connectivity index (χ3n) is 1.14. The predicted octanol–water partition coefficient (Wildman–Crippen LogP) is 1.83. The largest absolute Gasteiger partial charge is 0.471 e. The number of fused-ring (bicyclic) bond motifs is 1. The number of hydrogen-bond donors (Lipinski definition) is 0. The molecule has 0 bridgehead atoms. The van der Waals surface area contributed by atoms with Crippen molar-refractivity contribution < 1.29 is 7.16 Å². The highest BCUT2D eigenvalue weighted by molar-refractivity contribution is 5.79. The van der Waals surface area contributed by atoms with Crippen LogP contribution in [-0.4, -0.2) is 4.98 Å². The molecule has 0 atom stereocenters. The summed E-state index contributed by atoms with van der Waals surface area (Å²) in [5.41, 5.74) is 0. The standard InChI is InChI=1S/C7H5NO/c1-2-8-3-7-5-9-4-6(1)7/h1-5H/i4D,5D. The fourth-order valence-corrected chi connectivity index (χ4v) is 0.700. The van der Waals surface area contributed by atoms with E-state index in [1.165, 1.54) is 6.20 Å². The summed E-state index contributed by atoms with van der Waals surface area (Å²) in [4.78, 5) is 3.82. The molecule has 9 heavy (non-hydrogen) atoms. The molecule has 2 rings (SSSR count). The van der Waals surface area contributed by atoms with Crippen molar-refractivity contribution in [2.45, 2.75) is 0 Å². The molecule has 2 aromatic rings. The van der Waals surface area contributed by atoms with Crippen LogP contribution in [0.15, 0.2) is 35.4 Å². The Morgan fingerprint density at radius 1 is 1.44 bits per heavy atom. The van der Waals surface area contributed by atoms with Crippen LogP contribution in [0.5, 0.6) is 0 Å². The van der Waals surface area contributed by atoms with Crippen molar-refractivity contribution in [3.63, 3.8) is 0 Å². The minimum Gasteiger partial charge on any atom is -0.471 e. The first-order valence-corrected chi connectivity index (χ1v) is 2.59. The Morgan fingerprint density at radius 2 is 2.33 bits per heavy atom. The van der Waals surface area contributed by atoms with Gasteiger partial charge in [-0.05, 0) is 6.07 Å². The number of furan rings is 1. The monoisotopic (exact) mass is 121 g/mol. The zero-order valence-corrected chi connectivity index (χ0v) is 4.59. The van der Waals surface area contributed by atoms with Crippen molar-refractivity contribution >= 4 is 10.8 Å². The highest BCUT2D eigenvalue weighted by Crippen LogP contribution is 2.11. The van der Waals surface area contributed by atoms with Gasteiger partial charge in [-0.15, -0.1) is 0 Å². The molecule has 2 heteroatoms. The van der Waals surface area contributed by atoms with Gasteiger partial charge in [-0.2, -0.15) is 0 Å². The van der Waals surface area contributed by atoms with Crippen LogP contribution >= 0.6 is 0 Å². The van der Waals surface area contributed by atoms with Crippen LogP contribution in [0.25, 0.3) is 10.8 Å². The molecule has 2 heterocycles. The number of rotatable bonds is 0. The summed E-state index contributed by atoms with van der Waals surface area (Å²) in [6, 6.07) is 1.67. The zero-order valence-electron chi connectivity index (χ0n) is 6.59. The SMILES string of the molecule is [2H]c1oc([2H])c2cnccc12. The molecule has 0 amide bonds. The lowest BCUT2D eigenvalue weighted by Gasteiger charge is -1.79. The molecule has 44 valence electrons. The van der Waals surface area contributed by atoms with Crippen LogP contribution in [-0.2, 0) is 0 Å². The third-order valence-corrected chi connectivity index (χ3v) is 1.14. The molecule has 0 aliphatic rings. The maximum atomic E-state index is 7.27. The quantitative estimate of drug-likeness (QED) is 0.531. The maximum Gasteiger partial charge on any atom is 0.105 e. The van der Waals surface area contributed by atoms with Gasteiger partial charge in [0.2, 0.25) is 0 Å². The first kappa shape index (κ1) is 3.01. The van der Waals surface area contributed by atoms with Gasteiger partial charge in [0.25, 0.3) is 0 Å². The van der Waals surface area contributed by atoms with E-state index in [1.807, 2.05) is 0 Å². The number of aromatic nitrogens is 1. The Kier molecular flexibility index (Phi) is 0.530. The second-order valence-corrected chi connectivity index (χ2v) is 1.73. The molecule has 0 spiro atoms. The predicted molar refractivity (Wildman–Crippen MR) is 34.0 cm³/mol. The van der Waals surface area contributed by atoms with E-state index in [9.17, 15) is 0 Å². The van der Waals surface area contributed by atoms with E-state index >= 15 is 0 Å². The molecule has 0 fully saturated rings. The van der Waals surface area contributed by atoms with Crippen molar-refractivity contribution in [2.24, 2.45) is 0 Å². The topological polar surface area (TPSA) is 26.0 Å². The summed E-state index contributed by atoms with van der Waals surface area (Å²) in [6.45, 7) is 0. The van der Waals surface area contributed by atoms with E-state index in [-0.39, 0.29) is 12.5 Å². The van der Waals surface area contributed by atoms with E-state index in [0.29, 0.717) is 10.8 Å². The van der Waals surface area contributed by atoms with Gasteiger partial charge in [0, 0.05) is 23.2 Å². The molecule has 0 saturated heterocycles. The number of nitrogens with zero attached hydrogens (tertiary/aromatic N) is 1. The van der Waals surface area contributed by atoms with Gasteiger partial charge in [0.1, 0.15) is 2.74 Å². The van der Waals surface area contributed by atoms with Gasteiger partial charge < -0.3 is 4.42 Å². The molecule has 0 N–H and O–H groups in total. The molecule has 0 unspecified atom stereocenters. The van der Waals surface area contributed by atoms with E-state index < -0.39 is 0 Å². The first-order valence-electron chi connectivity index (χ1n) is 3.59. The van der Waals surface area contributed by atoms with E-state index in [4.69, 9.17) is 7.16 Å². The van der Waals surface area contributed by atoms with Crippen molar-refractivity contribution in [1.29, 1.82) is 0 Å². The lowest BCUT2D eigenvalue weighted by Crippen LogP contribution is -1.65. The zero-order chi connectivity index (χ0) is 7.84. The average molecular weight is 121 g/mol. The van der Waals surface area contributed by atoms with Crippen LogP contribution < -0.4 is 0 Å². The van der Waals surface area contributed by atoms with E-state index in [1.54, 1.807) is 12.3 Å². The molecule has 0 aliphatic carbocycles. The molecule has 0 saturated carbocycles. The van der Waals surface area contributed by atoms with Crippen LogP contribution in [0, 0.1) is 0 Å². The lowest BCUT2D eigenvalue weighted by atomic mass is 10.3. The van der Waals surface area contributed by atoms with Crippen molar-refractivity contribution in [2.75, 3.05) is 0 Å². The molecule has 0 radical (unpaired) electrons. The van der Waals surface area contributed by atoms with Gasteiger partial charge in [-0.1, -0.05) is 0 Å². The summed E-state index contributed by atoms with van der Waals surface area (Å²) >= 11 is 0. The summed E-state index contributed by atoms with van der Waals surface area (Å²) in [6.07, 6.45) is 3.15. The van der Waals surface area contributed by atoms with Crippen LogP contribution in [0.2, 0.25) is 0 Å². The van der Waals surface area contributed by atoms with Crippen LogP contribution in [0.4, 0.5) is 0 Å². The van der Waals surface area contributed by atoms with E-state index in [0.717, 1.165) is 0 Å². The third kappa shape index (κ3) is 0.598. The highest BCUT2D eigenvalue weighted by atomic mass is 16.3. The van der Waals surface area contributed by atoms with Gasteiger partial charge in [0.05, 0.1) is 12.5 Å². The number of hydrogen-bond acceptors (Lipinski definition) is 2. The summed E-state index contributed by atoms with van der Waals surface area (Å²) in [7, 11) is 0. The Hall–Kier alpha value is -1.31. The molecular formula is C7H5NO. The second kappa shape index (κ2) is 1.58. The lowest BCUT2D eigenvalue weighted by molar-refractivity contribution is 0.572. The fraction of sp³-hybridized carbons (Fsp3) is 0. The Labute approximate surface area is 54.9 Å². The number of pyridine rings is 1. The van der Waals surface area contributed by atoms with E-state index in [2.05, 4.69) is 4.98 Å². The Balaban J connectivity index is 2.95. The van der Waals surface area contributed by atoms with Crippen molar-refractivity contribution in [1.82, 2.24) is 4.98 Å². The molecule has 0 aliphatic heterocycles. The normalized spacial score (nSPS) is 13.3. The van der Waals surface area contributed by atoms with Gasteiger partial charge >= 0.3 is 0 Å². The highest BCUT2D eigenvalue weighted by Gasteiger charge is 1.90. The fourth-order valence-electron chi connectivity index (χ4n) is 0.700.